The number of hydrogen-bond donors (Lipinski definition) is 2. The van der Waals surface area contributed by atoms with Crippen molar-refractivity contribution < 1.29 is 0 Å². The topological polar surface area (TPSA) is 73.6 Å². The van der Waals surface area contributed by atoms with Gasteiger partial charge in [0.1, 0.15) is 0 Å². The summed E-state index contributed by atoms with van der Waals surface area (Å²) >= 11 is 4.07. The maximum Gasteiger partial charge on any atom is 0.0449 e. The third-order valence-corrected chi connectivity index (χ3v) is 1.34. The van der Waals surface area contributed by atoms with Crippen LogP contribution in [0.25, 0.3) is 0 Å². The molecule has 0 aliphatic heterocycles. The van der Waals surface area contributed by atoms with Crippen molar-refractivity contribution in [2.45, 2.75) is 4.90 Å². The Labute approximate surface area is 64.7 Å². The quantitative estimate of drug-likeness (QED) is 0.337. The Morgan fingerprint density at radius 1 is 1.20 bits per heavy atom. The summed E-state index contributed by atoms with van der Waals surface area (Å²) in [7, 11) is 0. The maximum atomic E-state index is 6.00. The van der Waals surface area contributed by atoms with Gasteiger partial charge in [0.25, 0.3) is 0 Å². The van der Waals surface area contributed by atoms with Gasteiger partial charge in [0, 0.05) is 21.4 Å². The standard InChI is InChI=1S/C6H7NS.N2/c7-5-3-1-2-4-6(5)8;1-2/h1-4,8H,7H2;. The summed E-state index contributed by atoms with van der Waals surface area (Å²) in [5.74, 6) is 0. The van der Waals surface area contributed by atoms with E-state index < -0.39 is 0 Å². The van der Waals surface area contributed by atoms with Crippen LogP contribution in [-0.4, -0.2) is 0 Å². The second-order valence-corrected chi connectivity index (χ2v) is 2.04. The molecule has 4 heteroatoms. The first kappa shape index (κ1) is 8.79. The first-order chi connectivity index (χ1) is 4.80. The molecule has 0 fully saturated rings. The van der Waals surface area contributed by atoms with E-state index in [9.17, 15) is 0 Å². The normalized spacial score (nSPS) is 7.50. The molecule has 0 aliphatic rings. The first-order valence-corrected chi connectivity index (χ1v) is 2.99. The van der Waals surface area contributed by atoms with Crippen molar-refractivity contribution in [3.05, 3.63) is 24.3 Å². The molecule has 0 amide bonds. The highest BCUT2D eigenvalue weighted by atomic mass is 32.1. The van der Waals surface area contributed by atoms with E-state index in [1.165, 1.54) is 0 Å². The third-order valence-electron chi connectivity index (χ3n) is 0.937. The second-order valence-electron chi connectivity index (χ2n) is 1.56. The van der Waals surface area contributed by atoms with Crippen LogP contribution in [0.5, 0.6) is 0 Å². The molecule has 1 aromatic carbocycles. The summed E-state index contributed by atoms with van der Waals surface area (Å²) in [5.41, 5.74) is 6.18. The Hall–Kier alpha value is -1.21. The molecule has 1 aromatic rings. The van der Waals surface area contributed by atoms with Gasteiger partial charge in [-0.3, -0.25) is 0 Å². The zero-order chi connectivity index (χ0) is 7.98. The van der Waals surface area contributed by atoms with Crippen molar-refractivity contribution in [1.82, 2.24) is 0 Å². The van der Waals surface area contributed by atoms with E-state index in [0.717, 1.165) is 10.6 Å². The average molecular weight is 153 g/mol. The molecular weight excluding hydrogens is 146 g/mol. The van der Waals surface area contributed by atoms with Crippen molar-refractivity contribution >= 4 is 18.3 Å². The minimum Gasteiger partial charge on any atom is -0.398 e. The predicted octanol–water partition coefficient (Wildman–Crippen LogP) is 1.59. The lowest BCUT2D eigenvalue weighted by Crippen LogP contribution is -1.83. The van der Waals surface area contributed by atoms with Crippen LogP contribution in [0.1, 0.15) is 0 Å². The van der Waals surface area contributed by atoms with E-state index in [-0.39, 0.29) is 0 Å². The fourth-order valence-corrected chi connectivity index (χ4v) is 0.648. The van der Waals surface area contributed by atoms with Gasteiger partial charge < -0.3 is 5.73 Å². The summed E-state index contributed by atoms with van der Waals surface area (Å²) in [6.07, 6.45) is 0. The lowest BCUT2D eigenvalue weighted by molar-refractivity contribution is 1.15. The Balaban J connectivity index is 0.000000371. The summed E-state index contributed by atoms with van der Waals surface area (Å²) in [6.45, 7) is 0. The van der Waals surface area contributed by atoms with E-state index >= 15 is 0 Å². The summed E-state index contributed by atoms with van der Waals surface area (Å²) in [6, 6.07) is 7.47. The molecule has 0 aromatic heterocycles. The number of nitrogens with two attached hydrogens (primary N) is 1. The molecule has 0 bridgehead atoms. The van der Waals surface area contributed by atoms with Crippen LogP contribution in [0.15, 0.2) is 29.2 Å². The van der Waals surface area contributed by atoms with Crippen LogP contribution >= 0.6 is 12.6 Å². The molecule has 0 aliphatic carbocycles. The van der Waals surface area contributed by atoms with Gasteiger partial charge in [0.15, 0.2) is 0 Å². The molecule has 0 saturated carbocycles. The lowest BCUT2D eigenvalue weighted by atomic mass is 10.3. The Bertz CT molecular complexity index is 200. The molecule has 0 spiro atoms. The monoisotopic (exact) mass is 153 g/mol. The summed E-state index contributed by atoms with van der Waals surface area (Å²) in [5, 5.41) is 12.0. The van der Waals surface area contributed by atoms with Gasteiger partial charge in [-0.05, 0) is 12.1 Å². The van der Waals surface area contributed by atoms with Crippen LogP contribution in [0.2, 0.25) is 0 Å². The van der Waals surface area contributed by atoms with Crippen LogP contribution < -0.4 is 5.73 Å². The number of benzene rings is 1. The number of para-hydroxylation sites is 1. The molecule has 10 heavy (non-hydrogen) atoms. The van der Waals surface area contributed by atoms with Gasteiger partial charge in [-0.1, -0.05) is 12.1 Å². The maximum absolute atomic E-state index is 6.00. The van der Waals surface area contributed by atoms with E-state index in [1.54, 1.807) is 0 Å². The fourth-order valence-electron chi connectivity index (χ4n) is 0.488. The van der Waals surface area contributed by atoms with Gasteiger partial charge in [-0.25, -0.2) is 0 Å². The molecule has 1 rings (SSSR count). The Morgan fingerprint density at radius 2 is 1.70 bits per heavy atom. The molecule has 0 heterocycles. The lowest BCUT2D eigenvalue weighted by Gasteiger charge is -1.92. The number of nitrogen functional groups attached to an aromatic ring is 1. The molecule has 2 N–H and O–H groups in total. The van der Waals surface area contributed by atoms with Gasteiger partial charge in [-0.2, -0.15) is 0 Å². The number of nitrogens with zero attached hydrogens (tertiary/aromatic N) is 2. The number of rotatable bonds is 0. The highest BCUT2D eigenvalue weighted by Crippen LogP contribution is 2.13. The van der Waals surface area contributed by atoms with Crippen LogP contribution in [0.3, 0.4) is 0 Å². The van der Waals surface area contributed by atoms with E-state index in [2.05, 4.69) is 12.6 Å². The minimum atomic E-state index is 0.732. The molecule has 0 radical (unpaired) electrons. The van der Waals surface area contributed by atoms with Crippen LogP contribution in [0, 0.1) is 10.8 Å². The Kier molecular flexibility index (Phi) is 4.09. The largest absolute Gasteiger partial charge is 0.398 e. The molecule has 0 saturated heterocycles. The van der Waals surface area contributed by atoms with Crippen molar-refractivity contribution in [2.24, 2.45) is 0 Å². The van der Waals surface area contributed by atoms with Gasteiger partial charge in [0.05, 0.1) is 0 Å². The molecule has 0 unspecified atom stereocenters. The smallest absolute Gasteiger partial charge is 0.0449 e. The number of hydrogen-bond acceptors (Lipinski definition) is 4. The first-order valence-electron chi connectivity index (χ1n) is 2.54. The van der Waals surface area contributed by atoms with E-state index in [4.69, 9.17) is 16.5 Å². The zero-order valence-corrected chi connectivity index (χ0v) is 6.12. The molecule has 3 nitrogen and oxygen atoms in total. The molecule has 0 atom stereocenters. The van der Waals surface area contributed by atoms with E-state index in [0.29, 0.717) is 0 Å². The van der Waals surface area contributed by atoms with Crippen molar-refractivity contribution in [1.29, 1.82) is 10.8 Å². The van der Waals surface area contributed by atoms with Crippen molar-refractivity contribution in [2.75, 3.05) is 5.73 Å². The van der Waals surface area contributed by atoms with E-state index in [1.807, 2.05) is 24.3 Å². The van der Waals surface area contributed by atoms with Crippen molar-refractivity contribution in [3.63, 3.8) is 0 Å². The zero-order valence-electron chi connectivity index (χ0n) is 5.23. The second kappa shape index (κ2) is 4.65. The van der Waals surface area contributed by atoms with Gasteiger partial charge in [0.2, 0.25) is 0 Å². The van der Waals surface area contributed by atoms with Crippen LogP contribution in [-0.2, 0) is 0 Å². The predicted molar refractivity (Wildman–Crippen MR) is 41.6 cm³/mol. The van der Waals surface area contributed by atoms with Crippen molar-refractivity contribution in [3.8, 4) is 0 Å². The third kappa shape index (κ3) is 2.37. The minimum absolute atomic E-state index is 0.732. The summed E-state index contributed by atoms with van der Waals surface area (Å²) < 4.78 is 0. The van der Waals surface area contributed by atoms with Gasteiger partial charge >= 0.3 is 0 Å². The van der Waals surface area contributed by atoms with Gasteiger partial charge in [-0.15, -0.1) is 12.6 Å². The SMILES string of the molecule is N#N.Nc1ccccc1S. The number of anilines is 1. The fraction of sp³-hybridized carbons (Fsp3) is 0. The summed E-state index contributed by atoms with van der Waals surface area (Å²) in [4.78, 5) is 0.840. The number of thiol groups is 1. The average Bonchev–Trinajstić information content (AvgIpc) is 2.00. The Morgan fingerprint density at radius 3 is 2.00 bits per heavy atom. The van der Waals surface area contributed by atoms with Crippen LogP contribution in [0.4, 0.5) is 5.69 Å². The molecular formula is C6H7N3S. The highest BCUT2D eigenvalue weighted by Gasteiger charge is 1.85. The highest BCUT2D eigenvalue weighted by molar-refractivity contribution is 7.80. The molecule has 52 valence electrons.